The van der Waals surface area contributed by atoms with Gasteiger partial charge in [0.1, 0.15) is 17.9 Å². The van der Waals surface area contributed by atoms with E-state index in [9.17, 15) is 44.1 Å². The number of unbranched alkanes of at least 4 members (excludes halogenated alkanes) is 7. The highest BCUT2D eigenvalue weighted by atomic mass is 16.6. The van der Waals surface area contributed by atoms with Crippen LogP contribution in [-0.4, -0.2) is 79.2 Å². The van der Waals surface area contributed by atoms with Crippen LogP contribution >= 0.6 is 0 Å². The molecule has 1 aliphatic rings. The van der Waals surface area contributed by atoms with E-state index in [0.717, 1.165) is 19.3 Å². The molecule has 230 valence electrons. The maximum atomic E-state index is 12.4. The minimum Gasteiger partial charge on any atom is -0.481 e. The van der Waals surface area contributed by atoms with E-state index >= 15 is 0 Å². The van der Waals surface area contributed by atoms with Crippen LogP contribution in [0.25, 0.3) is 0 Å². The number of rotatable bonds is 21. The molecule has 1 aliphatic heterocycles. The fourth-order valence-corrected chi connectivity index (χ4v) is 4.40. The molecule has 1 fully saturated rings. The Bertz CT molecular complexity index is 985. The second-order valence-electron chi connectivity index (χ2n) is 9.99. The molecule has 0 spiro atoms. The first-order valence-electron chi connectivity index (χ1n) is 13.7. The van der Waals surface area contributed by atoms with Crippen molar-refractivity contribution in [1.82, 2.24) is 0 Å². The Morgan fingerprint density at radius 2 is 1.54 bits per heavy atom. The SMILES string of the molecule is CCCCCCCC/C=C\CC/C=C/[C@H]1C[C@H]([C@](O)(CC(=O)O[C@@H](C(=O)O)[C@H](CC(=O)O)C(=O)O)C(=O)O)C(=O)O1. The summed E-state index contributed by atoms with van der Waals surface area (Å²) in [5.41, 5.74) is -3.05. The average Bonchev–Trinajstić information content (AvgIpc) is 3.26. The van der Waals surface area contributed by atoms with Gasteiger partial charge >= 0.3 is 35.8 Å². The van der Waals surface area contributed by atoms with Gasteiger partial charge in [-0.25, -0.2) is 9.59 Å². The zero-order valence-corrected chi connectivity index (χ0v) is 23.1. The zero-order valence-electron chi connectivity index (χ0n) is 23.1. The van der Waals surface area contributed by atoms with Gasteiger partial charge in [-0.3, -0.25) is 19.2 Å². The maximum Gasteiger partial charge on any atom is 0.345 e. The van der Waals surface area contributed by atoms with Crippen molar-refractivity contribution in [2.24, 2.45) is 11.8 Å². The highest BCUT2D eigenvalue weighted by molar-refractivity contribution is 5.92. The Morgan fingerprint density at radius 3 is 2.12 bits per heavy atom. The number of carboxylic acids is 4. The van der Waals surface area contributed by atoms with E-state index in [1.807, 2.05) is 6.08 Å². The number of carbonyl (C=O) groups is 6. The molecule has 0 aromatic heterocycles. The number of aliphatic carboxylic acids is 4. The molecule has 0 amide bonds. The lowest BCUT2D eigenvalue weighted by atomic mass is 9.82. The number of allylic oxidation sites excluding steroid dienone is 3. The van der Waals surface area contributed by atoms with E-state index in [-0.39, 0.29) is 6.42 Å². The summed E-state index contributed by atoms with van der Waals surface area (Å²) in [4.78, 5) is 70.4. The molecule has 41 heavy (non-hydrogen) atoms. The Balaban J connectivity index is 2.71. The quantitative estimate of drug-likeness (QED) is 0.0744. The molecule has 5 atom stereocenters. The van der Waals surface area contributed by atoms with Gasteiger partial charge in [0.15, 0.2) is 5.60 Å². The van der Waals surface area contributed by atoms with Crippen LogP contribution in [0.3, 0.4) is 0 Å². The van der Waals surface area contributed by atoms with Crippen LogP contribution in [0, 0.1) is 11.8 Å². The van der Waals surface area contributed by atoms with Crippen molar-refractivity contribution >= 4 is 35.8 Å². The van der Waals surface area contributed by atoms with Gasteiger partial charge in [0.25, 0.3) is 0 Å². The van der Waals surface area contributed by atoms with Crippen LogP contribution in [-0.2, 0) is 38.2 Å². The van der Waals surface area contributed by atoms with Gasteiger partial charge in [0, 0.05) is 6.42 Å². The number of carboxylic acid groups (broad SMARTS) is 4. The fraction of sp³-hybridized carbons (Fsp3) is 0.643. The number of hydrogen-bond donors (Lipinski definition) is 5. The number of cyclic esters (lactones) is 1. The number of ether oxygens (including phenoxy) is 2. The normalized spacial score (nSPS) is 19.9. The first-order chi connectivity index (χ1) is 19.3. The molecule has 0 unspecified atom stereocenters. The molecule has 13 nitrogen and oxygen atoms in total. The summed E-state index contributed by atoms with van der Waals surface area (Å²) in [6.45, 7) is 2.18. The number of aliphatic hydroxyl groups is 1. The second kappa shape index (κ2) is 17.8. The summed E-state index contributed by atoms with van der Waals surface area (Å²) in [6, 6.07) is 0. The van der Waals surface area contributed by atoms with Crippen LogP contribution < -0.4 is 0 Å². The minimum atomic E-state index is -3.05. The summed E-state index contributed by atoms with van der Waals surface area (Å²) in [5.74, 6) is -14.2. The fourth-order valence-electron chi connectivity index (χ4n) is 4.40. The van der Waals surface area contributed by atoms with Crippen molar-refractivity contribution < 1.29 is 63.8 Å². The summed E-state index contributed by atoms with van der Waals surface area (Å²) < 4.78 is 9.70. The van der Waals surface area contributed by atoms with E-state index in [4.69, 9.17) is 14.9 Å². The molecule has 0 aromatic carbocycles. The minimum absolute atomic E-state index is 0.293. The van der Waals surface area contributed by atoms with E-state index in [1.165, 1.54) is 32.1 Å². The van der Waals surface area contributed by atoms with Crippen molar-refractivity contribution in [3.8, 4) is 0 Å². The van der Waals surface area contributed by atoms with Crippen LogP contribution in [0.5, 0.6) is 0 Å². The highest BCUT2D eigenvalue weighted by Gasteiger charge is 2.55. The molecule has 1 rings (SSSR count). The Kier molecular flexibility index (Phi) is 15.4. The van der Waals surface area contributed by atoms with Crippen LogP contribution in [0.15, 0.2) is 24.3 Å². The van der Waals surface area contributed by atoms with Crippen LogP contribution in [0.4, 0.5) is 0 Å². The van der Waals surface area contributed by atoms with Gasteiger partial charge in [0.2, 0.25) is 6.10 Å². The smallest absolute Gasteiger partial charge is 0.345 e. The third-order valence-electron chi connectivity index (χ3n) is 6.70. The van der Waals surface area contributed by atoms with E-state index in [0.29, 0.717) is 6.42 Å². The molecule has 1 heterocycles. The molecular weight excluding hydrogens is 544 g/mol. The van der Waals surface area contributed by atoms with Gasteiger partial charge < -0.3 is 35.0 Å². The molecule has 0 radical (unpaired) electrons. The van der Waals surface area contributed by atoms with Gasteiger partial charge in [-0.05, 0) is 31.8 Å². The van der Waals surface area contributed by atoms with Crippen molar-refractivity contribution in [2.45, 2.75) is 102 Å². The van der Waals surface area contributed by atoms with Crippen LogP contribution in [0.1, 0.15) is 84.0 Å². The van der Waals surface area contributed by atoms with Crippen molar-refractivity contribution in [1.29, 1.82) is 0 Å². The second-order valence-corrected chi connectivity index (χ2v) is 9.99. The predicted molar refractivity (Wildman–Crippen MR) is 142 cm³/mol. The van der Waals surface area contributed by atoms with E-state index < -0.39 is 78.3 Å². The lowest BCUT2D eigenvalue weighted by Crippen LogP contribution is -2.50. The monoisotopic (exact) mass is 584 g/mol. The first kappa shape index (κ1) is 35.3. The summed E-state index contributed by atoms with van der Waals surface area (Å²) in [5, 5.41) is 47.7. The van der Waals surface area contributed by atoms with Crippen molar-refractivity contribution in [2.75, 3.05) is 0 Å². The standard InChI is InChI=1S/C28H40O13/c1-2-3-4-5-6-7-8-9-10-11-12-13-14-18-15-20(26(36)40-18)28(39,27(37)38)17-22(31)41-23(25(34)35)19(24(32)33)16-21(29)30/h9-10,13-14,18-20,23,39H,2-8,11-12,15-17H2,1H3,(H,29,30)(H,32,33)(H,34,35)(H,37,38)/b10-9-,14-13+/t18-,19-,20-,23+,28+/m0/s1. The molecule has 0 aliphatic carbocycles. The van der Waals surface area contributed by atoms with Gasteiger partial charge in [-0.15, -0.1) is 0 Å². The number of esters is 2. The van der Waals surface area contributed by atoms with Gasteiger partial charge in [-0.2, -0.15) is 0 Å². The molecule has 0 saturated carbocycles. The summed E-state index contributed by atoms with van der Waals surface area (Å²) in [7, 11) is 0. The molecule has 0 aromatic rings. The first-order valence-corrected chi connectivity index (χ1v) is 13.7. The summed E-state index contributed by atoms with van der Waals surface area (Å²) in [6.07, 6.45) is 10.9. The Morgan fingerprint density at radius 1 is 0.927 bits per heavy atom. The number of hydrogen-bond acceptors (Lipinski definition) is 9. The third kappa shape index (κ3) is 12.1. The average molecular weight is 585 g/mol. The van der Waals surface area contributed by atoms with Crippen molar-refractivity contribution in [3.05, 3.63) is 24.3 Å². The lowest BCUT2D eigenvalue weighted by molar-refractivity contribution is -0.184. The Hall–Kier alpha value is -3.74. The predicted octanol–water partition coefficient (Wildman–Crippen LogP) is 2.94. The summed E-state index contributed by atoms with van der Waals surface area (Å²) >= 11 is 0. The van der Waals surface area contributed by atoms with Crippen molar-refractivity contribution in [3.63, 3.8) is 0 Å². The molecule has 13 heteroatoms. The lowest BCUT2D eigenvalue weighted by Gasteiger charge is -2.27. The van der Waals surface area contributed by atoms with Gasteiger partial charge in [0.05, 0.1) is 12.8 Å². The zero-order chi connectivity index (χ0) is 31.0. The number of carbonyl (C=O) groups excluding carboxylic acids is 2. The topological polar surface area (TPSA) is 222 Å². The molecule has 1 saturated heterocycles. The maximum absolute atomic E-state index is 12.4. The molecule has 5 N–H and O–H groups in total. The van der Waals surface area contributed by atoms with Crippen LogP contribution in [0.2, 0.25) is 0 Å². The Labute approximate surface area is 237 Å². The largest absolute Gasteiger partial charge is 0.481 e. The molecule has 0 bridgehead atoms. The van der Waals surface area contributed by atoms with E-state index in [1.54, 1.807) is 12.2 Å². The molecular formula is C28H40O13. The third-order valence-corrected chi connectivity index (χ3v) is 6.70. The van der Waals surface area contributed by atoms with E-state index in [2.05, 4.69) is 17.7 Å². The highest BCUT2D eigenvalue weighted by Crippen LogP contribution is 2.35. The van der Waals surface area contributed by atoms with Gasteiger partial charge in [-0.1, -0.05) is 57.3 Å².